The maximum absolute atomic E-state index is 11.9. The van der Waals surface area contributed by atoms with E-state index in [1.807, 2.05) is 38.1 Å². The van der Waals surface area contributed by atoms with E-state index in [2.05, 4.69) is 10.5 Å². The number of nitrogens with zero attached hydrogens (tertiary/aromatic N) is 1. The number of carbonyl (C=O) groups excluding carboxylic acids is 2. The van der Waals surface area contributed by atoms with Crippen LogP contribution in [0.25, 0.3) is 0 Å². The van der Waals surface area contributed by atoms with E-state index in [1.54, 1.807) is 24.3 Å². The Balaban J connectivity index is 1.85. The number of benzene rings is 2. The summed E-state index contributed by atoms with van der Waals surface area (Å²) in [6, 6.07) is 14.5. The van der Waals surface area contributed by atoms with Crippen molar-refractivity contribution in [3.63, 3.8) is 0 Å². The Bertz CT molecular complexity index is 625. The van der Waals surface area contributed by atoms with Crippen LogP contribution in [0.1, 0.15) is 38.3 Å². The lowest BCUT2D eigenvalue weighted by Gasteiger charge is -2.00. The lowest BCUT2D eigenvalue weighted by Crippen LogP contribution is -2.17. The van der Waals surface area contributed by atoms with Gasteiger partial charge in [0.1, 0.15) is 0 Å². The van der Waals surface area contributed by atoms with Crippen LogP contribution in [0.4, 0.5) is 0 Å². The summed E-state index contributed by atoms with van der Waals surface area (Å²) >= 11 is 0. The van der Waals surface area contributed by atoms with Crippen molar-refractivity contribution in [3.8, 4) is 0 Å². The van der Waals surface area contributed by atoms with Crippen LogP contribution in [0.3, 0.4) is 0 Å². The van der Waals surface area contributed by atoms with Gasteiger partial charge < -0.3 is 0 Å². The SMILES string of the molecule is Cc1ccc(C(=O)CC=NNC(=O)c2ccc(C)cc2)cc1. The fourth-order valence-electron chi connectivity index (χ4n) is 1.86. The topological polar surface area (TPSA) is 58.5 Å². The van der Waals surface area contributed by atoms with E-state index in [9.17, 15) is 9.59 Å². The molecule has 2 aromatic carbocycles. The number of ketones is 1. The fourth-order valence-corrected chi connectivity index (χ4v) is 1.86. The summed E-state index contributed by atoms with van der Waals surface area (Å²) in [6.07, 6.45) is 1.56. The molecule has 0 saturated heterocycles. The molecule has 0 saturated carbocycles. The molecular weight excluding hydrogens is 276 g/mol. The molecule has 4 heteroatoms. The average molecular weight is 294 g/mol. The minimum atomic E-state index is -0.293. The van der Waals surface area contributed by atoms with Gasteiger partial charge in [-0.15, -0.1) is 0 Å². The monoisotopic (exact) mass is 294 g/mol. The number of Topliss-reactive ketones (excluding diaryl/α,β-unsaturated/α-hetero) is 1. The van der Waals surface area contributed by atoms with Crippen LogP contribution in [0.2, 0.25) is 0 Å². The molecule has 0 aliphatic carbocycles. The number of hydrazone groups is 1. The second kappa shape index (κ2) is 7.31. The fraction of sp³-hybridized carbons (Fsp3) is 0.167. The van der Waals surface area contributed by atoms with Crippen molar-refractivity contribution in [1.82, 2.24) is 5.43 Å². The number of aryl methyl sites for hydroxylation is 2. The van der Waals surface area contributed by atoms with E-state index >= 15 is 0 Å². The van der Waals surface area contributed by atoms with Crippen molar-refractivity contribution in [2.75, 3.05) is 0 Å². The van der Waals surface area contributed by atoms with Crippen LogP contribution < -0.4 is 5.43 Å². The summed E-state index contributed by atoms with van der Waals surface area (Å²) in [5, 5.41) is 3.81. The highest BCUT2D eigenvalue weighted by Gasteiger charge is 2.04. The Morgan fingerprint density at radius 2 is 1.41 bits per heavy atom. The molecule has 0 radical (unpaired) electrons. The zero-order chi connectivity index (χ0) is 15.9. The quantitative estimate of drug-likeness (QED) is 0.522. The Labute approximate surface area is 129 Å². The molecule has 112 valence electrons. The molecule has 22 heavy (non-hydrogen) atoms. The minimum Gasteiger partial charge on any atom is -0.294 e. The first-order valence-electron chi connectivity index (χ1n) is 7.04. The van der Waals surface area contributed by atoms with Crippen LogP contribution in [0.15, 0.2) is 53.6 Å². The van der Waals surface area contributed by atoms with E-state index in [0.29, 0.717) is 11.1 Å². The normalized spacial score (nSPS) is 10.6. The molecule has 1 amide bonds. The average Bonchev–Trinajstić information content (AvgIpc) is 2.52. The number of hydrogen-bond acceptors (Lipinski definition) is 3. The van der Waals surface area contributed by atoms with E-state index in [1.165, 1.54) is 6.21 Å². The van der Waals surface area contributed by atoms with Crippen LogP contribution in [0.5, 0.6) is 0 Å². The molecule has 2 rings (SSSR count). The first-order valence-corrected chi connectivity index (χ1v) is 7.04. The van der Waals surface area contributed by atoms with Crippen molar-refractivity contribution < 1.29 is 9.59 Å². The van der Waals surface area contributed by atoms with Gasteiger partial charge in [0, 0.05) is 23.8 Å². The zero-order valence-electron chi connectivity index (χ0n) is 12.7. The molecule has 1 N–H and O–H groups in total. The van der Waals surface area contributed by atoms with Crippen LogP contribution in [-0.4, -0.2) is 17.9 Å². The molecule has 4 nitrogen and oxygen atoms in total. The minimum absolute atomic E-state index is 0.0339. The standard InChI is InChI=1S/C18H18N2O2/c1-13-3-7-15(8-4-13)17(21)11-12-19-20-18(22)16-9-5-14(2)6-10-16/h3-10,12H,11H2,1-2H3,(H,20,22). The van der Waals surface area contributed by atoms with Crippen molar-refractivity contribution in [1.29, 1.82) is 0 Å². The number of hydrogen-bond donors (Lipinski definition) is 1. The van der Waals surface area contributed by atoms with Gasteiger partial charge in [-0.2, -0.15) is 5.10 Å². The molecule has 0 unspecified atom stereocenters. The number of amides is 1. The van der Waals surface area contributed by atoms with Crippen molar-refractivity contribution in [2.45, 2.75) is 20.3 Å². The molecule has 0 aliphatic rings. The first-order chi connectivity index (χ1) is 10.6. The van der Waals surface area contributed by atoms with E-state index in [-0.39, 0.29) is 18.1 Å². The number of nitrogens with one attached hydrogen (secondary N) is 1. The predicted molar refractivity (Wildman–Crippen MR) is 87.3 cm³/mol. The molecule has 0 atom stereocenters. The smallest absolute Gasteiger partial charge is 0.271 e. The van der Waals surface area contributed by atoms with E-state index < -0.39 is 0 Å². The lowest BCUT2D eigenvalue weighted by molar-refractivity contribution is 0.0951. The molecule has 0 aromatic heterocycles. The highest BCUT2D eigenvalue weighted by Crippen LogP contribution is 2.05. The summed E-state index contributed by atoms with van der Waals surface area (Å²) in [5.41, 5.74) is 5.78. The second-order valence-corrected chi connectivity index (χ2v) is 5.11. The van der Waals surface area contributed by atoms with Gasteiger partial charge in [-0.3, -0.25) is 9.59 Å². The Morgan fingerprint density at radius 3 is 1.95 bits per heavy atom. The van der Waals surface area contributed by atoms with Crippen molar-refractivity contribution in [2.24, 2.45) is 5.10 Å². The van der Waals surface area contributed by atoms with Crippen LogP contribution in [-0.2, 0) is 0 Å². The molecular formula is C18H18N2O2. The highest BCUT2D eigenvalue weighted by atomic mass is 16.2. The first kappa shape index (κ1) is 15.6. The Hall–Kier alpha value is -2.75. The van der Waals surface area contributed by atoms with Crippen LogP contribution in [0, 0.1) is 13.8 Å². The predicted octanol–water partition coefficient (Wildman–Crippen LogP) is 3.29. The Kier molecular flexibility index (Phi) is 5.20. The molecule has 2 aromatic rings. The van der Waals surface area contributed by atoms with Gasteiger partial charge in [-0.1, -0.05) is 47.5 Å². The highest BCUT2D eigenvalue weighted by molar-refractivity contribution is 6.03. The third kappa shape index (κ3) is 4.38. The van der Waals surface area contributed by atoms with Gasteiger partial charge in [0.2, 0.25) is 0 Å². The maximum atomic E-state index is 11.9. The lowest BCUT2D eigenvalue weighted by atomic mass is 10.1. The van der Waals surface area contributed by atoms with Crippen molar-refractivity contribution >= 4 is 17.9 Å². The third-order valence-corrected chi connectivity index (χ3v) is 3.22. The summed E-state index contributed by atoms with van der Waals surface area (Å²) in [4.78, 5) is 23.7. The molecule has 0 fully saturated rings. The van der Waals surface area contributed by atoms with Gasteiger partial charge in [0.25, 0.3) is 5.91 Å². The van der Waals surface area contributed by atoms with Gasteiger partial charge in [0.15, 0.2) is 5.78 Å². The summed E-state index contributed by atoms with van der Waals surface area (Å²) < 4.78 is 0. The zero-order valence-corrected chi connectivity index (χ0v) is 12.7. The van der Waals surface area contributed by atoms with E-state index in [4.69, 9.17) is 0 Å². The van der Waals surface area contributed by atoms with Gasteiger partial charge in [-0.25, -0.2) is 5.43 Å². The van der Waals surface area contributed by atoms with Gasteiger partial charge >= 0.3 is 0 Å². The summed E-state index contributed by atoms with van der Waals surface area (Å²) in [6.45, 7) is 3.92. The van der Waals surface area contributed by atoms with Crippen LogP contribution >= 0.6 is 0 Å². The molecule has 0 aliphatic heterocycles. The maximum Gasteiger partial charge on any atom is 0.271 e. The number of rotatable bonds is 5. The van der Waals surface area contributed by atoms with Gasteiger partial charge in [-0.05, 0) is 26.0 Å². The molecule has 0 spiro atoms. The molecule has 0 heterocycles. The Morgan fingerprint density at radius 1 is 0.909 bits per heavy atom. The summed E-state index contributed by atoms with van der Waals surface area (Å²) in [7, 11) is 0. The third-order valence-electron chi connectivity index (χ3n) is 3.22. The second-order valence-electron chi connectivity index (χ2n) is 5.11. The van der Waals surface area contributed by atoms with Crippen molar-refractivity contribution in [3.05, 3.63) is 70.8 Å². The summed E-state index contributed by atoms with van der Waals surface area (Å²) in [5.74, 6) is -0.327. The number of carbonyl (C=O) groups is 2. The van der Waals surface area contributed by atoms with Gasteiger partial charge in [0.05, 0.1) is 0 Å². The van der Waals surface area contributed by atoms with E-state index in [0.717, 1.165) is 11.1 Å². The molecule has 0 bridgehead atoms. The largest absolute Gasteiger partial charge is 0.294 e.